The van der Waals surface area contributed by atoms with Crippen molar-refractivity contribution in [2.45, 2.75) is 18.8 Å². The summed E-state index contributed by atoms with van der Waals surface area (Å²) in [5.41, 5.74) is 2.63. The standard InChI is InChI=1S/C19H18N8/c1-2-15(12-20-8-1)16-3-4-18-23-24-19(27(18)25-16)14-6-10-26(11-7-14)17-5-9-21-13-22-17/h1-5,8-9,12-14H,6-7,10-11H2. The van der Waals surface area contributed by atoms with Crippen molar-refractivity contribution in [3.63, 3.8) is 0 Å². The molecule has 0 amide bonds. The van der Waals surface area contributed by atoms with E-state index in [1.165, 1.54) is 0 Å². The summed E-state index contributed by atoms with van der Waals surface area (Å²) >= 11 is 0. The summed E-state index contributed by atoms with van der Waals surface area (Å²) in [6.45, 7) is 1.86. The van der Waals surface area contributed by atoms with Crippen LogP contribution in [0.3, 0.4) is 0 Å². The number of anilines is 1. The van der Waals surface area contributed by atoms with E-state index in [1.807, 2.05) is 41.0 Å². The fourth-order valence-electron chi connectivity index (χ4n) is 3.57. The van der Waals surface area contributed by atoms with E-state index in [2.05, 4.69) is 30.0 Å². The molecule has 1 aliphatic heterocycles. The van der Waals surface area contributed by atoms with E-state index < -0.39 is 0 Å². The van der Waals surface area contributed by atoms with E-state index in [9.17, 15) is 0 Å². The minimum absolute atomic E-state index is 0.328. The van der Waals surface area contributed by atoms with Gasteiger partial charge in [0.05, 0.1) is 5.69 Å². The lowest BCUT2D eigenvalue weighted by molar-refractivity contribution is 0.475. The Morgan fingerprint density at radius 1 is 0.926 bits per heavy atom. The molecule has 0 aliphatic carbocycles. The van der Waals surface area contributed by atoms with Crippen LogP contribution in [0.2, 0.25) is 0 Å². The number of hydrogen-bond donors (Lipinski definition) is 0. The van der Waals surface area contributed by atoms with Crippen molar-refractivity contribution in [2.75, 3.05) is 18.0 Å². The van der Waals surface area contributed by atoms with Gasteiger partial charge in [-0.15, -0.1) is 10.2 Å². The number of pyridine rings is 1. The van der Waals surface area contributed by atoms with Gasteiger partial charge in [0.1, 0.15) is 12.1 Å². The first kappa shape index (κ1) is 15.8. The highest BCUT2D eigenvalue weighted by atomic mass is 15.4. The Hall–Kier alpha value is -3.42. The fraction of sp³-hybridized carbons (Fsp3) is 0.263. The Kier molecular flexibility index (Phi) is 3.93. The van der Waals surface area contributed by atoms with Gasteiger partial charge in [0.2, 0.25) is 0 Å². The Bertz CT molecular complexity index is 1040. The Balaban J connectivity index is 1.41. The first-order valence-electron chi connectivity index (χ1n) is 9.02. The van der Waals surface area contributed by atoms with Crippen molar-refractivity contribution < 1.29 is 0 Å². The molecular weight excluding hydrogens is 340 g/mol. The molecule has 0 N–H and O–H groups in total. The van der Waals surface area contributed by atoms with Crippen molar-refractivity contribution >= 4 is 11.5 Å². The predicted octanol–water partition coefficient (Wildman–Crippen LogP) is 2.36. The van der Waals surface area contributed by atoms with Gasteiger partial charge in [0.25, 0.3) is 0 Å². The van der Waals surface area contributed by atoms with Gasteiger partial charge in [0.15, 0.2) is 11.5 Å². The van der Waals surface area contributed by atoms with Gasteiger partial charge >= 0.3 is 0 Å². The molecular formula is C19H18N8. The molecule has 0 radical (unpaired) electrons. The number of fused-ring (bicyclic) bond motifs is 1. The highest BCUT2D eigenvalue weighted by Gasteiger charge is 2.25. The average molecular weight is 358 g/mol. The number of hydrogen-bond acceptors (Lipinski definition) is 7. The lowest BCUT2D eigenvalue weighted by Crippen LogP contribution is -2.34. The molecule has 27 heavy (non-hydrogen) atoms. The Morgan fingerprint density at radius 2 is 1.85 bits per heavy atom. The third-order valence-corrected chi connectivity index (χ3v) is 4.99. The van der Waals surface area contributed by atoms with E-state index in [1.54, 1.807) is 18.7 Å². The molecule has 0 aromatic carbocycles. The lowest BCUT2D eigenvalue weighted by Gasteiger charge is -2.31. The highest BCUT2D eigenvalue weighted by Crippen LogP contribution is 2.29. The van der Waals surface area contributed by atoms with E-state index >= 15 is 0 Å². The summed E-state index contributed by atoms with van der Waals surface area (Å²) in [7, 11) is 0. The molecule has 0 unspecified atom stereocenters. The monoisotopic (exact) mass is 358 g/mol. The number of rotatable bonds is 3. The molecule has 1 aliphatic rings. The Morgan fingerprint density at radius 3 is 2.63 bits per heavy atom. The largest absolute Gasteiger partial charge is 0.356 e. The van der Waals surface area contributed by atoms with Crippen molar-refractivity contribution in [3.8, 4) is 11.3 Å². The van der Waals surface area contributed by atoms with Crippen LogP contribution in [0.5, 0.6) is 0 Å². The van der Waals surface area contributed by atoms with Crippen LogP contribution in [0.15, 0.2) is 55.2 Å². The molecule has 5 heterocycles. The van der Waals surface area contributed by atoms with Crippen LogP contribution in [0.25, 0.3) is 16.9 Å². The third kappa shape index (κ3) is 2.99. The van der Waals surface area contributed by atoms with E-state index in [0.717, 1.165) is 54.5 Å². The summed E-state index contributed by atoms with van der Waals surface area (Å²) in [6.07, 6.45) is 8.94. The minimum atomic E-state index is 0.328. The summed E-state index contributed by atoms with van der Waals surface area (Å²) < 4.78 is 1.88. The second-order valence-corrected chi connectivity index (χ2v) is 6.62. The predicted molar refractivity (Wildman–Crippen MR) is 100 cm³/mol. The maximum Gasteiger partial charge on any atom is 0.177 e. The van der Waals surface area contributed by atoms with Gasteiger partial charge < -0.3 is 4.90 Å². The molecule has 5 rings (SSSR count). The summed E-state index contributed by atoms with van der Waals surface area (Å²) in [6, 6.07) is 9.79. The molecule has 1 saturated heterocycles. The number of piperidine rings is 1. The molecule has 1 fully saturated rings. The van der Waals surface area contributed by atoms with Gasteiger partial charge in [-0.3, -0.25) is 4.98 Å². The topological polar surface area (TPSA) is 85.0 Å². The van der Waals surface area contributed by atoms with Crippen molar-refractivity contribution in [1.82, 2.24) is 34.8 Å². The minimum Gasteiger partial charge on any atom is -0.356 e. The molecule has 0 atom stereocenters. The second kappa shape index (κ2) is 6.71. The van der Waals surface area contributed by atoms with Gasteiger partial charge in [-0.2, -0.15) is 9.61 Å². The van der Waals surface area contributed by atoms with Gasteiger partial charge in [-0.1, -0.05) is 0 Å². The zero-order valence-corrected chi connectivity index (χ0v) is 14.7. The summed E-state index contributed by atoms with van der Waals surface area (Å²) in [4.78, 5) is 14.8. The summed E-state index contributed by atoms with van der Waals surface area (Å²) in [5.74, 6) is 2.24. The zero-order valence-electron chi connectivity index (χ0n) is 14.7. The molecule has 4 aromatic heterocycles. The lowest BCUT2D eigenvalue weighted by atomic mass is 9.96. The second-order valence-electron chi connectivity index (χ2n) is 6.62. The van der Waals surface area contributed by atoms with E-state index in [4.69, 9.17) is 5.10 Å². The molecule has 0 bridgehead atoms. The first-order chi connectivity index (χ1) is 13.4. The molecule has 0 spiro atoms. The fourth-order valence-corrected chi connectivity index (χ4v) is 3.57. The van der Waals surface area contributed by atoms with Crippen LogP contribution in [-0.2, 0) is 0 Å². The van der Waals surface area contributed by atoms with Crippen molar-refractivity contribution in [1.29, 1.82) is 0 Å². The zero-order chi connectivity index (χ0) is 18.1. The first-order valence-corrected chi connectivity index (χ1v) is 9.02. The molecule has 0 saturated carbocycles. The van der Waals surface area contributed by atoms with Crippen LogP contribution >= 0.6 is 0 Å². The van der Waals surface area contributed by atoms with Crippen LogP contribution in [-0.4, -0.2) is 47.9 Å². The van der Waals surface area contributed by atoms with Gasteiger partial charge in [-0.25, -0.2) is 9.97 Å². The number of aromatic nitrogens is 7. The quantitative estimate of drug-likeness (QED) is 0.556. The maximum absolute atomic E-state index is 4.78. The molecule has 4 aromatic rings. The van der Waals surface area contributed by atoms with Gasteiger partial charge in [0, 0.05) is 43.2 Å². The SMILES string of the molecule is c1cncc(-c2ccc3nnc(C4CCN(c5ccncn5)CC4)n3n2)c1. The van der Waals surface area contributed by atoms with E-state index in [0.29, 0.717) is 5.92 Å². The smallest absolute Gasteiger partial charge is 0.177 e. The van der Waals surface area contributed by atoms with E-state index in [-0.39, 0.29) is 0 Å². The third-order valence-electron chi connectivity index (χ3n) is 4.99. The van der Waals surface area contributed by atoms with Crippen molar-refractivity contribution in [2.24, 2.45) is 0 Å². The van der Waals surface area contributed by atoms with Crippen LogP contribution in [0.1, 0.15) is 24.6 Å². The molecule has 8 nitrogen and oxygen atoms in total. The van der Waals surface area contributed by atoms with Crippen LogP contribution in [0, 0.1) is 0 Å². The average Bonchev–Trinajstić information content (AvgIpc) is 3.18. The van der Waals surface area contributed by atoms with Crippen molar-refractivity contribution in [3.05, 3.63) is 61.1 Å². The van der Waals surface area contributed by atoms with Crippen LogP contribution < -0.4 is 4.90 Å². The Labute approximate surface area is 155 Å². The molecule has 134 valence electrons. The highest BCUT2D eigenvalue weighted by molar-refractivity contribution is 5.58. The molecule has 8 heteroatoms. The van der Waals surface area contributed by atoms with Crippen LogP contribution in [0.4, 0.5) is 5.82 Å². The normalized spacial score (nSPS) is 15.3. The number of nitrogens with zero attached hydrogens (tertiary/aromatic N) is 8. The maximum atomic E-state index is 4.78. The summed E-state index contributed by atoms with van der Waals surface area (Å²) in [5, 5.41) is 13.5. The van der Waals surface area contributed by atoms with Gasteiger partial charge in [-0.05, 0) is 43.2 Å².